The summed E-state index contributed by atoms with van der Waals surface area (Å²) < 4.78 is 3.54. The molecule has 0 unspecified atom stereocenters. The Balaban J connectivity index is 2.81. The number of halogens is 3. The number of alkyl halides is 3. The van der Waals surface area contributed by atoms with Gasteiger partial charge in [0, 0.05) is 6.07 Å². The monoisotopic (exact) mass is 240 g/mol. The average molecular weight is 242 g/mol. The largest absolute Gasteiger partial charge is 0.477 e. The third-order valence-electron chi connectivity index (χ3n) is 1.22. The van der Waals surface area contributed by atoms with E-state index in [0.717, 1.165) is 0 Å². The summed E-state index contributed by atoms with van der Waals surface area (Å²) in [6.45, 7) is 2.38. The molecule has 0 aliphatic heterocycles. The van der Waals surface area contributed by atoms with E-state index in [0.29, 0.717) is 12.5 Å². The predicted molar refractivity (Wildman–Crippen MR) is 52.4 cm³/mol. The molecule has 0 N–H and O–H groups in total. The van der Waals surface area contributed by atoms with Crippen LogP contribution in [0.25, 0.3) is 0 Å². The topological polar surface area (TPSA) is 35.0 Å². The van der Waals surface area contributed by atoms with Gasteiger partial charge in [0.05, 0.1) is 6.61 Å². The molecule has 0 aromatic carbocycles. The Morgan fingerprint density at radius 1 is 1.31 bits per heavy atom. The molecule has 0 bridgehead atoms. The molecule has 0 amide bonds. The fourth-order valence-corrected chi connectivity index (χ4v) is 0.998. The molecule has 0 aliphatic carbocycles. The van der Waals surface area contributed by atoms with Crippen molar-refractivity contribution in [2.45, 2.75) is 10.7 Å². The highest BCUT2D eigenvalue weighted by molar-refractivity contribution is 6.66. The zero-order valence-electron chi connectivity index (χ0n) is 6.80. The van der Waals surface area contributed by atoms with Crippen LogP contribution in [0.5, 0.6) is 5.88 Å². The fourth-order valence-electron chi connectivity index (χ4n) is 0.696. The van der Waals surface area contributed by atoms with Gasteiger partial charge in [-0.25, -0.2) is 0 Å². The summed E-state index contributed by atoms with van der Waals surface area (Å²) in [5.41, 5.74) is 0.279. The number of hydrogen-bond donors (Lipinski definition) is 0. The van der Waals surface area contributed by atoms with Crippen molar-refractivity contribution in [3.63, 3.8) is 0 Å². The molecule has 6 heteroatoms. The summed E-state index contributed by atoms with van der Waals surface area (Å²) in [5.74, 6) is 0.417. The Labute approximate surface area is 91.0 Å². The second-order valence-corrected chi connectivity index (χ2v) is 4.47. The maximum Gasteiger partial charge on any atom is 0.234 e. The lowest BCUT2D eigenvalue weighted by atomic mass is 10.4. The molecule has 0 fully saturated rings. The summed E-state index contributed by atoms with van der Waals surface area (Å²) in [7, 11) is 0. The maximum atomic E-state index is 5.58. The highest BCUT2D eigenvalue weighted by atomic mass is 35.6. The van der Waals surface area contributed by atoms with Gasteiger partial charge >= 0.3 is 0 Å². The van der Waals surface area contributed by atoms with Crippen molar-refractivity contribution in [1.29, 1.82) is 0 Å². The Kier molecular flexibility index (Phi) is 3.59. The number of hydrogen-bond acceptors (Lipinski definition) is 3. The Bertz CT molecular complexity index is 270. The highest BCUT2D eigenvalue weighted by Gasteiger charge is 2.24. The lowest BCUT2D eigenvalue weighted by Gasteiger charge is -2.08. The van der Waals surface area contributed by atoms with E-state index in [2.05, 4.69) is 10.2 Å². The minimum Gasteiger partial charge on any atom is -0.477 e. The number of nitrogens with zero attached hydrogens (tertiary/aromatic N) is 2. The highest BCUT2D eigenvalue weighted by Crippen LogP contribution is 2.36. The molecule has 0 spiro atoms. The number of ether oxygens (including phenoxy) is 1. The SMILES string of the molecule is CCOc1ccc(C(Cl)(Cl)Cl)nn1. The van der Waals surface area contributed by atoms with Crippen molar-refractivity contribution in [2.75, 3.05) is 6.61 Å². The zero-order chi connectivity index (χ0) is 9.90. The minimum atomic E-state index is -1.53. The molecule has 1 heterocycles. The van der Waals surface area contributed by atoms with E-state index < -0.39 is 3.79 Å². The second kappa shape index (κ2) is 4.31. The van der Waals surface area contributed by atoms with Crippen LogP contribution < -0.4 is 4.74 Å². The third kappa shape index (κ3) is 3.18. The van der Waals surface area contributed by atoms with Crippen LogP contribution in [0.3, 0.4) is 0 Å². The first-order valence-electron chi connectivity index (χ1n) is 3.57. The molecule has 0 atom stereocenters. The van der Waals surface area contributed by atoms with Crippen LogP contribution in [0.2, 0.25) is 0 Å². The van der Waals surface area contributed by atoms with Gasteiger partial charge in [0.1, 0.15) is 5.69 Å². The molecule has 1 aromatic rings. The van der Waals surface area contributed by atoms with E-state index in [-0.39, 0.29) is 5.69 Å². The van der Waals surface area contributed by atoms with Crippen LogP contribution in [-0.2, 0) is 3.79 Å². The second-order valence-electron chi connectivity index (χ2n) is 2.19. The molecule has 3 nitrogen and oxygen atoms in total. The lowest BCUT2D eigenvalue weighted by molar-refractivity contribution is 0.322. The molecular weight excluding hydrogens is 234 g/mol. The van der Waals surface area contributed by atoms with E-state index in [1.165, 1.54) is 0 Å². The Morgan fingerprint density at radius 3 is 2.38 bits per heavy atom. The van der Waals surface area contributed by atoms with Crippen LogP contribution in [-0.4, -0.2) is 16.8 Å². The normalized spacial score (nSPS) is 11.4. The Morgan fingerprint density at radius 2 is 2.00 bits per heavy atom. The standard InChI is InChI=1S/C7H7Cl3N2O/c1-2-13-6-4-3-5(11-12-6)7(8,9)10/h3-4H,2H2,1H3. The van der Waals surface area contributed by atoms with E-state index in [9.17, 15) is 0 Å². The van der Waals surface area contributed by atoms with Crippen LogP contribution in [0.15, 0.2) is 12.1 Å². The molecule has 0 saturated heterocycles. The van der Waals surface area contributed by atoms with Crippen LogP contribution in [0, 0.1) is 0 Å². The van der Waals surface area contributed by atoms with Gasteiger partial charge in [-0.1, -0.05) is 34.8 Å². The number of rotatable bonds is 2. The van der Waals surface area contributed by atoms with Crippen molar-refractivity contribution in [3.8, 4) is 5.88 Å². The molecule has 0 radical (unpaired) electrons. The molecule has 0 saturated carbocycles. The van der Waals surface area contributed by atoms with Crippen LogP contribution >= 0.6 is 34.8 Å². The molecule has 0 aliphatic rings. The summed E-state index contributed by atoms with van der Waals surface area (Å²) >= 11 is 16.7. The van der Waals surface area contributed by atoms with E-state index in [1.807, 2.05) is 6.92 Å². The van der Waals surface area contributed by atoms with Gasteiger partial charge in [0.2, 0.25) is 9.67 Å². The molecule has 1 rings (SSSR count). The Hall–Kier alpha value is -0.250. The first-order chi connectivity index (χ1) is 6.04. The van der Waals surface area contributed by atoms with Crippen LogP contribution in [0.1, 0.15) is 12.6 Å². The molecule has 1 aromatic heterocycles. The summed E-state index contributed by atoms with van der Waals surface area (Å²) in [6.07, 6.45) is 0. The van der Waals surface area contributed by atoms with Gasteiger partial charge in [-0.2, -0.15) is 0 Å². The average Bonchev–Trinajstić information content (AvgIpc) is 2.04. The molecule has 13 heavy (non-hydrogen) atoms. The van der Waals surface area contributed by atoms with Crippen molar-refractivity contribution >= 4 is 34.8 Å². The first-order valence-corrected chi connectivity index (χ1v) is 4.71. The van der Waals surface area contributed by atoms with Crippen molar-refractivity contribution in [3.05, 3.63) is 17.8 Å². The smallest absolute Gasteiger partial charge is 0.234 e. The maximum absolute atomic E-state index is 5.58. The third-order valence-corrected chi connectivity index (χ3v) is 1.80. The molecular formula is C7H7Cl3N2O. The zero-order valence-corrected chi connectivity index (χ0v) is 9.07. The lowest BCUT2D eigenvalue weighted by Crippen LogP contribution is -2.05. The van der Waals surface area contributed by atoms with E-state index in [1.54, 1.807) is 12.1 Å². The van der Waals surface area contributed by atoms with Gasteiger partial charge < -0.3 is 4.74 Å². The van der Waals surface area contributed by atoms with Crippen LogP contribution in [0.4, 0.5) is 0 Å². The minimum absolute atomic E-state index is 0.279. The summed E-state index contributed by atoms with van der Waals surface area (Å²) in [6, 6.07) is 3.17. The first kappa shape index (κ1) is 10.8. The number of aromatic nitrogens is 2. The quantitative estimate of drug-likeness (QED) is 0.747. The van der Waals surface area contributed by atoms with Crippen molar-refractivity contribution in [2.24, 2.45) is 0 Å². The van der Waals surface area contributed by atoms with E-state index in [4.69, 9.17) is 39.5 Å². The fraction of sp³-hybridized carbons (Fsp3) is 0.429. The molecule has 72 valence electrons. The van der Waals surface area contributed by atoms with Gasteiger partial charge in [-0.3, -0.25) is 0 Å². The predicted octanol–water partition coefficient (Wildman–Crippen LogP) is 2.70. The van der Waals surface area contributed by atoms with Crippen molar-refractivity contribution in [1.82, 2.24) is 10.2 Å². The summed E-state index contributed by atoms with van der Waals surface area (Å²) in [4.78, 5) is 0. The van der Waals surface area contributed by atoms with Gasteiger partial charge in [-0.15, -0.1) is 10.2 Å². The van der Waals surface area contributed by atoms with Gasteiger partial charge in [0.25, 0.3) is 0 Å². The van der Waals surface area contributed by atoms with Crippen molar-refractivity contribution < 1.29 is 4.74 Å². The van der Waals surface area contributed by atoms with E-state index >= 15 is 0 Å². The van der Waals surface area contributed by atoms with Gasteiger partial charge in [-0.05, 0) is 13.0 Å². The summed E-state index contributed by atoms with van der Waals surface area (Å²) in [5, 5.41) is 7.41. The van der Waals surface area contributed by atoms with Gasteiger partial charge in [0.15, 0.2) is 0 Å².